The summed E-state index contributed by atoms with van der Waals surface area (Å²) in [5, 5.41) is 4.42. The van der Waals surface area contributed by atoms with Gasteiger partial charge in [0.2, 0.25) is 5.88 Å². The minimum Gasteiger partial charge on any atom is -0.473 e. The molecule has 150 valence electrons. The first-order valence-corrected chi connectivity index (χ1v) is 10.1. The van der Waals surface area contributed by atoms with Crippen molar-refractivity contribution < 1.29 is 9.53 Å². The van der Waals surface area contributed by atoms with Gasteiger partial charge in [0, 0.05) is 23.0 Å². The number of ether oxygens (including phenoxy) is 1. The van der Waals surface area contributed by atoms with Crippen LogP contribution in [0.4, 0.5) is 0 Å². The number of nitrogens with zero attached hydrogens (tertiary/aromatic N) is 1. The van der Waals surface area contributed by atoms with Crippen LogP contribution in [0.2, 0.25) is 5.02 Å². The van der Waals surface area contributed by atoms with Crippen molar-refractivity contribution in [2.24, 2.45) is 0 Å². The molecule has 1 amide bonds. The molecule has 0 saturated heterocycles. The summed E-state index contributed by atoms with van der Waals surface area (Å²) in [6.45, 7) is 2.84. The molecule has 0 aliphatic rings. The Morgan fingerprint density at radius 1 is 0.967 bits per heavy atom. The third-order valence-corrected chi connectivity index (χ3v) is 5.06. The lowest BCUT2D eigenvalue weighted by Crippen LogP contribution is -2.23. The monoisotopic (exact) mass is 416 g/mol. The number of benzene rings is 3. The SMILES string of the molecule is Cc1ccc(COc2cc(C(=O)NCc3ccc(Cl)cc3)c3ccccc3n2)cc1. The zero-order valence-corrected chi connectivity index (χ0v) is 17.3. The lowest BCUT2D eigenvalue weighted by atomic mass is 10.1. The highest BCUT2D eigenvalue weighted by molar-refractivity contribution is 6.30. The van der Waals surface area contributed by atoms with Gasteiger partial charge >= 0.3 is 0 Å². The topological polar surface area (TPSA) is 51.2 Å². The summed E-state index contributed by atoms with van der Waals surface area (Å²) in [5.74, 6) is 0.245. The summed E-state index contributed by atoms with van der Waals surface area (Å²) < 4.78 is 5.90. The minimum absolute atomic E-state index is 0.177. The summed E-state index contributed by atoms with van der Waals surface area (Å²) >= 11 is 5.93. The van der Waals surface area contributed by atoms with Gasteiger partial charge in [-0.15, -0.1) is 0 Å². The largest absolute Gasteiger partial charge is 0.473 e. The van der Waals surface area contributed by atoms with Crippen LogP contribution >= 0.6 is 11.6 Å². The van der Waals surface area contributed by atoms with Crippen LogP contribution in [0.15, 0.2) is 78.9 Å². The Balaban J connectivity index is 1.55. The smallest absolute Gasteiger partial charge is 0.252 e. The maximum Gasteiger partial charge on any atom is 0.252 e. The number of hydrogen-bond donors (Lipinski definition) is 1. The lowest BCUT2D eigenvalue weighted by Gasteiger charge is -2.12. The maximum absolute atomic E-state index is 12.9. The van der Waals surface area contributed by atoms with Gasteiger partial charge < -0.3 is 10.1 Å². The number of rotatable bonds is 6. The average molecular weight is 417 g/mol. The maximum atomic E-state index is 12.9. The molecule has 1 N–H and O–H groups in total. The van der Waals surface area contributed by atoms with E-state index in [2.05, 4.69) is 10.3 Å². The van der Waals surface area contributed by atoms with Crippen molar-refractivity contribution >= 4 is 28.4 Å². The van der Waals surface area contributed by atoms with Crippen LogP contribution < -0.4 is 10.1 Å². The van der Waals surface area contributed by atoms with E-state index >= 15 is 0 Å². The summed E-state index contributed by atoms with van der Waals surface area (Å²) in [7, 11) is 0. The Morgan fingerprint density at radius 2 is 1.67 bits per heavy atom. The van der Waals surface area contributed by atoms with Crippen molar-refractivity contribution in [3.8, 4) is 5.88 Å². The zero-order valence-electron chi connectivity index (χ0n) is 16.6. The summed E-state index contributed by atoms with van der Waals surface area (Å²) in [4.78, 5) is 17.5. The van der Waals surface area contributed by atoms with Crippen LogP contribution in [0, 0.1) is 6.92 Å². The lowest BCUT2D eigenvalue weighted by molar-refractivity contribution is 0.0952. The van der Waals surface area contributed by atoms with Crippen molar-refractivity contribution in [2.45, 2.75) is 20.1 Å². The first kappa shape index (κ1) is 19.9. The van der Waals surface area contributed by atoms with Crippen molar-refractivity contribution in [3.63, 3.8) is 0 Å². The Morgan fingerprint density at radius 3 is 2.43 bits per heavy atom. The molecular weight excluding hydrogens is 396 g/mol. The van der Waals surface area contributed by atoms with E-state index in [1.807, 2.05) is 79.7 Å². The van der Waals surface area contributed by atoms with Crippen molar-refractivity contribution in [1.29, 1.82) is 0 Å². The average Bonchev–Trinajstić information content (AvgIpc) is 2.77. The second-order valence-corrected chi connectivity index (χ2v) is 7.55. The molecule has 0 aliphatic carbocycles. The molecule has 5 heteroatoms. The van der Waals surface area contributed by atoms with Crippen LogP contribution in [0.3, 0.4) is 0 Å². The number of hydrogen-bond acceptors (Lipinski definition) is 3. The third-order valence-electron chi connectivity index (χ3n) is 4.81. The van der Waals surface area contributed by atoms with Crippen molar-refractivity contribution in [2.75, 3.05) is 0 Å². The van der Waals surface area contributed by atoms with E-state index in [9.17, 15) is 4.79 Å². The van der Waals surface area contributed by atoms with Crippen LogP contribution in [0.1, 0.15) is 27.0 Å². The second-order valence-electron chi connectivity index (χ2n) is 7.11. The van der Waals surface area contributed by atoms with Gasteiger partial charge in [0.1, 0.15) is 6.61 Å². The van der Waals surface area contributed by atoms with Crippen LogP contribution in [-0.2, 0) is 13.2 Å². The van der Waals surface area contributed by atoms with Gasteiger partial charge in [-0.05, 0) is 36.2 Å². The predicted octanol–water partition coefficient (Wildman–Crippen LogP) is 5.71. The highest BCUT2D eigenvalue weighted by Gasteiger charge is 2.14. The molecule has 1 aromatic heterocycles. The molecule has 30 heavy (non-hydrogen) atoms. The molecule has 4 rings (SSSR count). The number of aromatic nitrogens is 1. The van der Waals surface area contributed by atoms with Crippen LogP contribution in [0.5, 0.6) is 5.88 Å². The number of para-hydroxylation sites is 1. The van der Waals surface area contributed by atoms with E-state index in [0.717, 1.165) is 22.0 Å². The van der Waals surface area contributed by atoms with E-state index in [0.29, 0.717) is 29.6 Å². The summed E-state index contributed by atoms with van der Waals surface area (Å²) in [5.41, 5.74) is 4.47. The van der Waals surface area contributed by atoms with Gasteiger partial charge in [0.15, 0.2) is 0 Å². The Kier molecular flexibility index (Phi) is 5.96. The van der Waals surface area contributed by atoms with Crippen molar-refractivity contribution in [1.82, 2.24) is 10.3 Å². The Hall–Kier alpha value is -3.37. The number of pyridine rings is 1. The van der Waals surface area contributed by atoms with Crippen LogP contribution in [-0.4, -0.2) is 10.9 Å². The minimum atomic E-state index is -0.177. The standard InChI is InChI=1S/C25H21ClN2O2/c1-17-6-8-19(9-7-17)16-30-24-14-22(21-4-2-3-5-23(21)28-24)25(29)27-15-18-10-12-20(26)13-11-18/h2-14H,15-16H2,1H3,(H,27,29). The molecule has 4 aromatic rings. The van der Waals surface area contributed by atoms with Gasteiger partial charge in [-0.2, -0.15) is 0 Å². The van der Waals surface area contributed by atoms with E-state index in [1.54, 1.807) is 6.07 Å². The fraction of sp³-hybridized carbons (Fsp3) is 0.120. The quantitative estimate of drug-likeness (QED) is 0.438. The van der Waals surface area contributed by atoms with Gasteiger partial charge in [-0.1, -0.05) is 71.8 Å². The number of nitrogens with one attached hydrogen (secondary N) is 1. The molecule has 0 spiro atoms. The first-order chi connectivity index (χ1) is 14.6. The molecule has 0 radical (unpaired) electrons. The number of fused-ring (bicyclic) bond motifs is 1. The number of aryl methyl sites for hydroxylation is 1. The number of carbonyl (C=O) groups is 1. The molecule has 1 heterocycles. The molecule has 0 saturated carbocycles. The van der Waals surface area contributed by atoms with Crippen LogP contribution in [0.25, 0.3) is 10.9 Å². The normalized spacial score (nSPS) is 10.7. The Bertz CT molecular complexity index is 1170. The van der Waals surface area contributed by atoms with Gasteiger partial charge in [-0.3, -0.25) is 4.79 Å². The number of halogens is 1. The number of amides is 1. The highest BCUT2D eigenvalue weighted by atomic mass is 35.5. The van der Waals surface area contributed by atoms with Gasteiger partial charge in [0.25, 0.3) is 5.91 Å². The Labute approximate surface area is 180 Å². The third kappa shape index (κ3) is 4.78. The first-order valence-electron chi connectivity index (χ1n) is 9.69. The molecule has 0 aliphatic heterocycles. The molecule has 0 bridgehead atoms. The van der Waals surface area contributed by atoms with E-state index < -0.39 is 0 Å². The molecule has 0 fully saturated rings. The highest BCUT2D eigenvalue weighted by Crippen LogP contribution is 2.23. The molecule has 4 nitrogen and oxygen atoms in total. The molecular formula is C25H21ClN2O2. The second kappa shape index (κ2) is 8.97. The van der Waals surface area contributed by atoms with E-state index in [4.69, 9.17) is 16.3 Å². The van der Waals surface area contributed by atoms with Crippen molar-refractivity contribution in [3.05, 3.63) is 106 Å². The predicted molar refractivity (Wildman–Crippen MR) is 120 cm³/mol. The van der Waals surface area contributed by atoms with Gasteiger partial charge in [-0.25, -0.2) is 4.98 Å². The summed E-state index contributed by atoms with van der Waals surface area (Å²) in [6.07, 6.45) is 0. The molecule has 0 unspecified atom stereocenters. The summed E-state index contributed by atoms with van der Waals surface area (Å²) in [6, 6.07) is 24.8. The number of carbonyl (C=O) groups excluding carboxylic acids is 1. The van der Waals surface area contributed by atoms with E-state index in [1.165, 1.54) is 5.56 Å². The van der Waals surface area contributed by atoms with E-state index in [-0.39, 0.29) is 5.91 Å². The molecule has 3 aromatic carbocycles. The fourth-order valence-corrected chi connectivity index (χ4v) is 3.26. The van der Waals surface area contributed by atoms with Gasteiger partial charge in [0.05, 0.1) is 11.1 Å². The zero-order chi connectivity index (χ0) is 20.9. The molecule has 0 atom stereocenters. The fourth-order valence-electron chi connectivity index (χ4n) is 3.13.